The Bertz CT molecular complexity index is 1800. The zero-order chi connectivity index (χ0) is 46.1. The summed E-state index contributed by atoms with van der Waals surface area (Å²) in [5.74, 6) is -1.20. The van der Waals surface area contributed by atoms with Crippen molar-refractivity contribution in [2.24, 2.45) is 44.3 Å². The van der Waals surface area contributed by atoms with Crippen molar-refractivity contribution < 1.29 is 79.2 Å². The molecule has 3 saturated heterocycles. The van der Waals surface area contributed by atoms with Crippen molar-refractivity contribution in [3.05, 3.63) is 23.3 Å². The quantitative estimate of drug-likeness (QED) is 0.166. The topological polar surface area (TPSA) is 255 Å². The molecular weight excluding hydrogens is 821 g/mol. The van der Waals surface area contributed by atoms with Gasteiger partial charge in [-0.1, -0.05) is 73.1 Å². The van der Waals surface area contributed by atoms with Gasteiger partial charge < -0.3 is 74.4 Å². The van der Waals surface area contributed by atoms with Gasteiger partial charge in [-0.3, -0.25) is 0 Å². The van der Waals surface area contributed by atoms with Crippen LogP contribution in [0.5, 0.6) is 0 Å². The lowest BCUT2D eigenvalue weighted by Crippen LogP contribution is -2.68. The highest BCUT2D eigenvalue weighted by Gasteiger charge is 2.68. The Morgan fingerprint density at radius 3 is 2.06 bits per heavy atom. The summed E-state index contributed by atoms with van der Waals surface area (Å²) in [4.78, 5) is 12.7. The van der Waals surface area contributed by atoms with Crippen molar-refractivity contribution in [2.75, 3.05) is 6.61 Å². The predicted octanol–water partition coefficient (Wildman–Crippen LogP) is 2.29. The molecule has 8 aliphatic rings. The van der Waals surface area contributed by atoms with E-state index in [0.29, 0.717) is 6.42 Å². The van der Waals surface area contributed by atoms with E-state index in [1.165, 1.54) is 18.1 Å². The van der Waals surface area contributed by atoms with Crippen LogP contribution in [-0.4, -0.2) is 157 Å². The lowest BCUT2D eigenvalue weighted by atomic mass is 9.35. The number of rotatable bonds is 7. The maximum atomic E-state index is 12.7. The summed E-state index contributed by atoms with van der Waals surface area (Å²) in [6.45, 7) is 19.5. The van der Waals surface area contributed by atoms with Crippen LogP contribution in [0.1, 0.15) is 114 Å². The summed E-state index contributed by atoms with van der Waals surface area (Å²) in [6.07, 6.45) is -12.4. The molecule has 16 nitrogen and oxygen atoms in total. The zero-order valence-electron chi connectivity index (χ0n) is 38.3. The van der Waals surface area contributed by atoms with Gasteiger partial charge in [0.15, 0.2) is 25.0 Å². The van der Waals surface area contributed by atoms with Crippen LogP contribution in [0.15, 0.2) is 23.3 Å². The van der Waals surface area contributed by atoms with E-state index in [1.807, 2.05) is 0 Å². The second-order valence-electron chi connectivity index (χ2n) is 22.9. The first-order valence-corrected chi connectivity index (χ1v) is 23.2. The standard InChI is InChI=1S/C47H74O16/c1-21-29(50)31(52)33(54)40(59-21)61-35-34(55)36(38(56)57)62-41(37(35)63-39-32(53)30(51)24(48)20-58-39)60-28-13-14-45(7)25(43(28,4)5)12-15-47(9)26(45)11-10-22-23-18-42(2,3)19-27(49)44(23,6)16-17-46(22,47)8/h10-11,21,24-37,39-41,48-55H,12-20H2,1-9H3,(H,56,57). The number of allylic oxidation sites excluding steroid dienone is 3. The molecule has 0 bridgehead atoms. The summed E-state index contributed by atoms with van der Waals surface area (Å²) in [6, 6.07) is 0. The Balaban J connectivity index is 1.11. The molecule has 358 valence electrons. The van der Waals surface area contributed by atoms with E-state index < -0.39 is 110 Å². The SMILES string of the molecule is CC1OC(OC2C(O)C(C(=O)O)OC(OC3CCC4(C)C(CCC5(C)C4C=CC4=C6CC(C)(C)CC(O)C6(C)CCC45C)C3(C)C)C2OC2OCC(O)C(O)C2O)C(O)C(O)C1O. The van der Waals surface area contributed by atoms with E-state index in [4.69, 9.17) is 28.4 Å². The molecule has 0 aromatic rings. The van der Waals surface area contributed by atoms with Crippen LogP contribution in [0, 0.1) is 44.3 Å². The minimum Gasteiger partial charge on any atom is -0.479 e. The average molecular weight is 895 g/mol. The Kier molecular flexibility index (Phi) is 12.4. The van der Waals surface area contributed by atoms with Gasteiger partial charge in [0, 0.05) is 5.41 Å². The number of ether oxygens (including phenoxy) is 6. The van der Waals surface area contributed by atoms with E-state index >= 15 is 0 Å². The molecule has 16 heteroatoms. The van der Waals surface area contributed by atoms with Crippen molar-refractivity contribution in [3.8, 4) is 0 Å². The predicted molar refractivity (Wildman–Crippen MR) is 223 cm³/mol. The summed E-state index contributed by atoms with van der Waals surface area (Å²) in [5, 5.41) is 97.1. The van der Waals surface area contributed by atoms with Gasteiger partial charge in [-0.15, -0.1) is 0 Å². The molecule has 8 rings (SSSR count). The van der Waals surface area contributed by atoms with E-state index in [2.05, 4.69) is 67.5 Å². The smallest absolute Gasteiger partial charge is 0.335 e. The fraction of sp³-hybridized carbons (Fsp3) is 0.894. The minimum atomic E-state index is -1.99. The van der Waals surface area contributed by atoms with Crippen LogP contribution in [0.4, 0.5) is 0 Å². The maximum Gasteiger partial charge on any atom is 0.335 e. The highest BCUT2D eigenvalue weighted by molar-refractivity contribution is 5.73. The fourth-order valence-electron chi connectivity index (χ4n) is 14.2. The largest absolute Gasteiger partial charge is 0.479 e. The van der Waals surface area contributed by atoms with Gasteiger partial charge in [-0.2, -0.15) is 0 Å². The molecule has 3 heterocycles. The molecule has 5 aliphatic carbocycles. The number of fused-ring (bicyclic) bond motifs is 6. The number of carbonyl (C=O) groups is 1. The Labute approximate surface area is 370 Å². The highest BCUT2D eigenvalue weighted by Crippen LogP contribution is 2.74. The number of aliphatic carboxylic acids is 1. The first kappa shape index (κ1) is 47.9. The number of carboxylic acids is 1. The molecule has 63 heavy (non-hydrogen) atoms. The molecule has 0 spiro atoms. The first-order valence-electron chi connectivity index (χ1n) is 23.2. The van der Waals surface area contributed by atoms with Crippen LogP contribution in [0.2, 0.25) is 0 Å². The van der Waals surface area contributed by atoms with Crippen molar-refractivity contribution >= 4 is 5.97 Å². The summed E-state index contributed by atoms with van der Waals surface area (Å²) < 4.78 is 36.6. The second kappa shape index (κ2) is 16.3. The van der Waals surface area contributed by atoms with E-state index in [-0.39, 0.29) is 45.0 Å². The highest BCUT2D eigenvalue weighted by atomic mass is 16.8. The van der Waals surface area contributed by atoms with Crippen LogP contribution < -0.4 is 0 Å². The Morgan fingerprint density at radius 1 is 0.714 bits per heavy atom. The molecule has 22 atom stereocenters. The monoisotopic (exact) mass is 894 g/mol. The molecule has 0 aromatic heterocycles. The summed E-state index contributed by atoms with van der Waals surface area (Å²) in [7, 11) is 0. The van der Waals surface area contributed by atoms with Crippen LogP contribution in [-0.2, 0) is 33.2 Å². The zero-order valence-corrected chi connectivity index (χ0v) is 38.3. The molecule has 3 saturated carbocycles. The van der Waals surface area contributed by atoms with E-state index in [9.17, 15) is 50.8 Å². The molecule has 0 amide bonds. The van der Waals surface area contributed by atoms with Crippen LogP contribution in [0.25, 0.3) is 0 Å². The van der Waals surface area contributed by atoms with Crippen molar-refractivity contribution in [1.82, 2.24) is 0 Å². The van der Waals surface area contributed by atoms with E-state index in [0.717, 1.165) is 44.9 Å². The minimum absolute atomic E-state index is 0.000476. The summed E-state index contributed by atoms with van der Waals surface area (Å²) in [5.41, 5.74) is 1.71. The Hall–Kier alpha value is -1.61. The van der Waals surface area contributed by atoms with Crippen molar-refractivity contribution in [1.29, 1.82) is 0 Å². The summed E-state index contributed by atoms with van der Waals surface area (Å²) >= 11 is 0. The third kappa shape index (κ3) is 7.44. The molecule has 6 fully saturated rings. The number of aliphatic hydroxyl groups excluding tert-OH is 8. The second-order valence-corrected chi connectivity index (χ2v) is 22.9. The van der Waals surface area contributed by atoms with Gasteiger partial charge in [0.2, 0.25) is 0 Å². The van der Waals surface area contributed by atoms with Crippen molar-refractivity contribution in [2.45, 2.75) is 212 Å². The molecular formula is C47H74O16. The van der Waals surface area contributed by atoms with Gasteiger partial charge in [0.25, 0.3) is 0 Å². The van der Waals surface area contributed by atoms with Gasteiger partial charge in [-0.05, 0) is 103 Å². The van der Waals surface area contributed by atoms with Gasteiger partial charge >= 0.3 is 5.97 Å². The maximum absolute atomic E-state index is 12.7. The molecule has 0 radical (unpaired) electrons. The molecule has 22 unspecified atom stereocenters. The third-order valence-electron chi connectivity index (χ3n) is 18.3. The first-order chi connectivity index (χ1) is 29.2. The molecule has 0 aromatic carbocycles. The van der Waals surface area contributed by atoms with Gasteiger partial charge in [0.1, 0.15) is 54.9 Å². The number of aliphatic hydroxyl groups is 8. The lowest BCUT2D eigenvalue weighted by Gasteiger charge is -2.70. The average Bonchev–Trinajstić information content (AvgIpc) is 3.20. The normalized spacial score (nSPS) is 54.0. The number of carboxylic acid groups (broad SMARTS) is 1. The fourth-order valence-corrected chi connectivity index (χ4v) is 14.2. The van der Waals surface area contributed by atoms with Crippen LogP contribution >= 0.6 is 0 Å². The number of hydrogen-bond acceptors (Lipinski definition) is 15. The van der Waals surface area contributed by atoms with E-state index in [1.54, 1.807) is 0 Å². The molecule has 3 aliphatic heterocycles. The van der Waals surface area contributed by atoms with Crippen molar-refractivity contribution in [3.63, 3.8) is 0 Å². The number of hydrogen-bond donors (Lipinski definition) is 9. The van der Waals surface area contributed by atoms with Crippen LogP contribution in [0.3, 0.4) is 0 Å². The van der Waals surface area contributed by atoms with Gasteiger partial charge in [0.05, 0.1) is 24.9 Å². The Morgan fingerprint density at radius 2 is 1.38 bits per heavy atom. The van der Waals surface area contributed by atoms with Gasteiger partial charge in [-0.25, -0.2) is 4.79 Å². The third-order valence-corrected chi connectivity index (χ3v) is 18.3. The molecule has 9 N–H and O–H groups in total. The lowest BCUT2D eigenvalue weighted by molar-refractivity contribution is -0.390.